The van der Waals surface area contributed by atoms with Crippen LogP contribution in [0.1, 0.15) is 22.8 Å². The molecular formula is C19H18F3NO3. The average Bonchev–Trinajstić information content (AvgIpc) is 2.65. The molecule has 1 unspecified atom stereocenters. The van der Waals surface area contributed by atoms with Gasteiger partial charge in [0.2, 0.25) is 0 Å². The molecule has 0 radical (unpaired) electrons. The quantitative estimate of drug-likeness (QED) is 0.581. The van der Waals surface area contributed by atoms with E-state index in [1.54, 1.807) is 37.3 Å². The van der Waals surface area contributed by atoms with Gasteiger partial charge in [0.05, 0.1) is 18.6 Å². The Morgan fingerprint density at radius 1 is 1.04 bits per heavy atom. The summed E-state index contributed by atoms with van der Waals surface area (Å²) in [6.45, 7) is 1.55. The van der Waals surface area contributed by atoms with E-state index in [0.717, 1.165) is 11.6 Å². The molecule has 2 rings (SSSR count). The first-order valence-corrected chi connectivity index (χ1v) is 7.89. The van der Waals surface area contributed by atoms with Crippen molar-refractivity contribution in [2.45, 2.75) is 13.5 Å². The fourth-order valence-corrected chi connectivity index (χ4v) is 2.49. The van der Waals surface area contributed by atoms with Crippen LogP contribution >= 0.6 is 0 Å². The second-order valence-corrected chi connectivity index (χ2v) is 5.82. The van der Waals surface area contributed by atoms with Crippen molar-refractivity contribution in [1.29, 1.82) is 0 Å². The van der Waals surface area contributed by atoms with E-state index in [1.807, 2.05) is 0 Å². The zero-order chi connectivity index (χ0) is 19.3. The summed E-state index contributed by atoms with van der Waals surface area (Å²) in [7, 11) is 1.22. The zero-order valence-corrected chi connectivity index (χ0v) is 14.3. The van der Waals surface area contributed by atoms with Gasteiger partial charge in [-0.3, -0.25) is 9.59 Å². The lowest BCUT2D eigenvalue weighted by Crippen LogP contribution is -2.37. The summed E-state index contributed by atoms with van der Waals surface area (Å²) in [4.78, 5) is 25.6. The van der Waals surface area contributed by atoms with E-state index >= 15 is 0 Å². The van der Waals surface area contributed by atoms with Crippen LogP contribution in [0.15, 0.2) is 42.5 Å². The number of benzene rings is 2. The second kappa shape index (κ2) is 8.51. The summed E-state index contributed by atoms with van der Waals surface area (Å²) >= 11 is 0. The molecule has 4 nitrogen and oxygen atoms in total. The van der Waals surface area contributed by atoms with Crippen molar-refractivity contribution >= 4 is 11.9 Å². The van der Waals surface area contributed by atoms with Crippen LogP contribution in [0.4, 0.5) is 13.2 Å². The number of methoxy groups -OCH3 is 1. The minimum absolute atomic E-state index is 0.0689. The van der Waals surface area contributed by atoms with Crippen LogP contribution in [-0.4, -0.2) is 30.4 Å². The third kappa shape index (κ3) is 4.41. The number of carbonyl (C=O) groups excluding carboxylic acids is 2. The molecule has 1 amide bonds. The predicted octanol–water partition coefficient (Wildman–Crippen LogP) is 3.56. The molecule has 2 aromatic rings. The van der Waals surface area contributed by atoms with Crippen molar-refractivity contribution in [3.63, 3.8) is 0 Å². The lowest BCUT2D eigenvalue weighted by Gasteiger charge is -2.25. The van der Waals surface area contributed by atoms with Crippen molar-refractivity contribution in [2.24, 2.45) is 5.92 Å². The molecule has 0 bridgehead atoms. The Morgan fingerprint density at radius 2 is 1.69 bits per heavy atom. The zero-order valence-electron chi connectivity index (χ0n) is 14.3. The highest BCUT2D eigenvalue weighted by molar-refractivity contribution is 5.94. The van der Waals surface area contributed by atoms with Crippen molar-refractivity contribution in [2.75, 3.05) is 13.7 Å². The average molecular weight is 365 g/mol. The number of rotatable bonds is 6. The SMILES string of the molecule is COC(=O)C(C)CN(Cc1ccccc1)C(=O)c1ccc(F)c(F)c1F. The normalized spacial score (nSPS) is 11.7. The third-order valence-corrected chi connectivity index (χ3v) is 3.87. The molecule has 0 aliphatic carbocycles. The molecule has 26 heavy (non-hydrogen) atoms. The maximum Gasteiger partial charge on any atom is 0.310 e. The monoisotopic (exact) mass is 365 g/mol. The third-order valence-electron chi connectivity index (χ3n) is 3.87. The molecule has 0 N–H and O–H groups in total. The van der Waals surface area contributed by atoms with Crippen molar-refractivity contribution in [1.82, 2.24) is 4.90 Å². The molecule has 1 atom stereocenters. The summed E-state index contributed by atoms with van der Waals surface area (Å²) < 4.78 is 45.3. The van der Waals surface area contributed by atoms with Gasteiger partial charge in [-0.2, -0.15) is 0 Å². The number of amides is 1. The molecule has 0 heterocycles. The highest BCUT2D eigenvalue weighted by Gasteiger charge is 2.26. The topological polar surface area (TPSA) is 46.6 Å². The van der Waals surface area contributed by atoms with E-state index in [1.165, 1.54) is 12.0 Å². The summed E-state index contributed by atoms with van der Waals surface area (Å²) in [5, 5.41) is 0. The van der Waals surface area contributed by atoms with Crippen LogP contribution in [0.25, 0.3) is 0 Å². The van der Waals surface area contributed by atoms with Crippen molar-refractivity contribution < 1.29 is 27.5 Å². The van der Waals surface area contributed by atoms with Crippen LogP contribution in [0.2, 0.25) is 0 Å². The minimum Gasteiger partial charge on any atom is -0.469 e. The molecular weight excluding hydrogens is 347 g/mol. The van der Waals surface area contributed by atoms with Gasteiger partial charge in [-0.1, -0.05) is 37.3 Å². The maximum atomic E-state index is 14.0. The van der Waals surface area contributed by atoms with Crippen LogP contribution in [0.5, 0.6) is 0 Å². The number of esters is 1. The van der Waals surface area contributed by atoms with E-state index in [-0.39, 0.29) is 13.1 Å². The van der Waals surface area contributed by atoms with Gasteiger partial charge in [-0.15, -0.1) is 0 Å². The minimum atomic E-state index is -1.71. The fourth-order valence-electron chi connectivity index (χ4n) is 2.49. The van der Waals surface area contributed by atoms with E-state index in [4.69, 9.17) is 0 Å². The van der Waals surface area contributed by atoms with E-state index in [2.05, 4.69) is 4.74 Å². The summed E-state index contributed by atoms with van der Waals surface area (Å²) in [6, 6.07) is 10.4. The van der Waals surface area contributed by atoms with Crippen LogP contribution in [-0.2, 0) is 16.1 Å². The van der Waals surface area contributed by atoms with E-state index < -0.39 is 40.8 Å². The second-order valence-electron chi connectivity index (χ2n) is 5.82. The molecule has 0 fully saturated rings. The summed E-state index contributed by atoms with van der Waals surface area (Å²) in [5.41, 5.74) is 0.137. The summed E-state index contributed by atoms with van der Waals surface area (Å²) in [6.07, 6.45) is 0. The number of hydrogen-bond acceptors (Lipinski definition) is 3. The Kier molecular flexibility index (Phi) is 6.38. The largest absolute Gasteiger partial charge is 0.469 e. The number of ether oxygens (including phenoxy) is 1. The standard InChI is InChI=1S/C19H18F3NO3/c1-12(19(25)26-2)10-23(11-13-6-4-3-5-7-13)18(24)14-8-9-15(20)17(22)16(14)21/h3-9,12H,10-11H2,1-2H3. The van der Waals surface area contributed by atoms with E-state index in [0.29, 0.717) is 6.07 Å². The number of hydrogen-bond donors (Lipinski definition) is 0. The van der Waals surface area contributed by atoms with Crippen LogP contribution < -0.4 is 0 Å². The Hall–Kier alpha value is -2.83. The van der Waals surface area contributed by atoms with Gasteiger partial charge in [-0.25, -0.2) is 13.2 Å². The van der Waals surface area contributed by atoms with Gasteiger partial charge in [0, 0.05) is 13.1 Å². The van der Waals surface area contributed by atoms with Crippen LogP contribution in [0, 0.1) is 23.4 Å². The van der Waals surface area contributed by atoms with Gasteiger partial charge in [0.1, 0.15) is 0 Å². The lowest BCUT2D eigenvalue weighted by atomic mass is 10.1. The molecule has 7 heteroatoms. The van der Waals surface area contributed by atoms with Crippen LogP contribution in [0.3, 0.4) is 0 Å². The Balaban J connectivity index is 2.34. The molecule has 0 aliphatic heterocycles. The molecule has 0 aliphatic rings. The molecule has 0 saturated heterocycles. The van der Waals surface area contributed by atoms with Gasteiger partial charge >= 0.3 is 5.97 Å². The Morgan fingerprint density at radius 3 is 2.31 bits per heavy atom. The first-order valence-electron chi connectivity index (χ1n) is 7.89. The number of nitrogens with zero attached hydrogens (tertiary/aromatic N) is 1. The Bertz CT molecular complexity index is 796. The number of carbonyl (C=O) groups is 2. The Labute approximate surface area is 149 Å². The molecule has 2 aromatic carbocycles. The molecule has 138 valence electrons. The summed E-state index contributed by atoms with van der Waals surface area (Å²) in [5.74, 6) is -6.71. The van der Waals surface area contributed by atoms with Crippen molar-refractivity contribution in [3.05, 3.63) is 71.0 Å². The lowest BCUT2D eigenvalue weighted by molar-refractivity contribution is -0.145. The predicted molar refractivity (Wildman–Crippen MR) is 88.7 cm³/mol. The van der Waals surface area contributed by atoms with Gasteiger partial charge < -0.3 is 9.64 Å². The first-order chi connectivity index (χ1) is 12.3. The molecule has 0 aromatic heterocycles. The smallest absolute Gasteiger partial charge is 0.310 e. The maximum absolute atomic E-state index is 14.0. The fraction of sp³-hybridized carbons (Fsp3) is 0.263. The first kappa shape index (κ1) is 19.5. The molecule has 0 spiro atoms. The highest BCUT2D eigenvalue weighted by Crippen LogP contribution is 2.19. The van der Waals surface area contributed by atoms with E-state index in [9.17, 15) is 22.8 Å². The van der Waals surface area contributed by atoms with Gasteiger partial charge in [0.15, 0.2) is 17.5 Å². The van der Waals surface area contributed by atoms with Crippen molar-refractivity contribution in [3.8, 4) is 0 Å². The van der Waals surface area contributed by atoms with Gasteiger partial charge in [-0.05, 0) is 17.7 Å². The van der Waals surface area contributed by atoms with Gasteiger partial charge in [0.25, 0.3) is 5.91 Å². The molecule has 0 saturated carbocycles. The highest BCUT2D eigenvalue weighted by atomic mass is 19.2. The number of halogens is 3.